The maximum absolute atomic E-state index is 10.9. The zero-order chi connectivity index (χ0) is 16.3. The summed E-state index contributed by atoms with van der Waals surface area (Å²) < 4.78 is 11.2. The van der Waals surface area contributed by atoms with Gasteiger partial charge in [0.2, 0.25) is 0 Å². The highest BCUT2D eigenvalue weighted by molar-refractivity contribution is 5.81. The Morgan fingerprint density at radius 2 is 2.27 bits per heavy atom. The number of nitro groups is 1. The molecule has 2 saturated heterocycles. The van der Waals surface area contributed by atoms with Gasteiger partial charge < -0.3 is 19.3 Å². The van der Waals surface area contributed by atoms with Crippen molar-refractivity contribution in [2.75, 3.05) is 33.4 Å². The Labute approximate surface area is 131 Å². The van der Waals surface area contributed by atoms with Crippen molar-refractivity contribution in [1.82, 2.24) is 9.80 Å². The number of nitrogens with zero attached hydrogens (tertiary/aromatic N) is 4. The van der Waals surface area contributed by atoms with Gasteiger partial charge in [-0.3, -0.25) is 0 Å². The van der Waals surface area contributed by atoms with Crippen molar-refractivity contribution in [2.45, 2.75) is 45.4 Å². The van der Waals surface area contributed by atoms with E-state index in [9.17, 15) is 10.1 Å². The third-order valence-corrected chi connectivity index (χ3v) is 4.26. The quantitative estimate of drug-likeness (QED) is 0.544. The molecule has 2 aliphatic rings. The Morgan fingerprint density at radius 3 is 2.77 bits per heavy atom. The fraction of sp³-hybridized carbons (Fsp3) is 0.929. The second kappa shape index (κ2) is 6.78. The van der Waals surface area contributed by atoms with Crippen LogP contribution in [0.15, 0.2) is 5.10 Å². The van der Waals surface area contributed by atoms with Crippen molar-refractivity contribution in [3.8, 4) is 0 Å². The van der Waals surface area contributed by atoms with Gasteiger partial charge in [-0.05, 0) is 26.7 Å². The van der Waals surface area contributed by atoms with Crippen molar-refractivity contribution in [2.24, 2.45) is 11.0 Å². The molecule has 0 spiro atoms. The summed E-state index contributed by atoms with van der Waals surface area (Å²) in [4.78, 5) is 14.7. The van der Waals surface area contributed by atoms with Crippen molar-refractivity contribution in [3.63, 3.8) is 0 Å². The first-order valence-corrected chi connectivity index (χ1v) is 7.77. The highest BCUT2D eigenvalue weighted by Crippen LogP contribution is 2.30. The lowest BCUT2D eigenvalue weighted by molar-refractivity contribution is -0.486. The fourth-order valence-electron chi connectivity index (χ4n) is 3.35. The van der Waals surface area contributed by atoms with Crippen molar-refractivity contribution in [1.29, 1.82) is 0 Å². The molecule has 2 unspecified atom stereocenters. The molecule has 0 bridgehead atoms. The van der Waals surface area contributed by atoms with Crippen LogP contribution >= 0.6 is 0 Å². The molecule has 8 nitrogen and oxygen atoms in total. The van der Waals surface area contributed by atoms with E-state index in [1.54, 1.807) is 7.11 Å². The molecule has 8 heteroatoms. The van der Waals surface area contributed by atoms with Gasteiger partial charge in [0.1, 0.15) is 11.3 Å². The van der Waals surface area contributed by atoms with Crippen LogP contribution in [0.1, 0.15) is 33.6 Å². The molecule has 0 N–H and O–H groups in total. The van der Waals surface area contributed by atoms with E-state index in [4.69, 9.17) is 9.47 Å². The summed E-state index contributed by atoms with van der Waals surface area (Å²) in [6, 6.07) is 0. The van der Waals surface area contributed by atoms with Gasteiger partial charge in [0.05, 0.1) is 12.2 Å². The number of ether oxygens (including phenoxy) is 2. The molecular weight excluding hydrogens is 288 g/mol. The minimum Gasteiger partial charge on any atom is -0.375 e. The molecule has 0 radical (unpaired) electrons. The molecule has 126 valence electrons. The summed E-state index contributed by atoms with van der Waals surface area (Å²) in [5.74, 6) is 0.776. The van der Waals surface area contributed by atoms with Crippen LogP contribution in [0.2, 0.25) is 0 Å². The number of hydrogen-bond acceptors (Lipinski definition) is 4. The van der Waals surface area contributed by atoms with E-state index in [1.165, 1.54) is 0 Å². The van der Waals surface area contributed by atoms with Crippen LogP contribution in [0.25, 0.3) is 0 Å². The molecule has 2 rings (SSSR count). The molecule has 2 heterocycles. The van der Waals surface area contributed by atoms with E-state index in [1.807, 2.05) is 16.7 Å². The number of methoxy groups -OCH3 is 1. The average molecular weight is 314 g/mol. The van der Waals surface area contributed by atoms with Crippen LogP contribution in [0.3, 0.4) is 0 Å². The molecule has 22 heavy (non-hydrogen) atoms. The Balaban J connectivity index is 2.09. The standard InChI is InChI=1S/C14H26N4O4/c1-5-12(21-4)17-7-6-16(13(17)15-18(19)20)9-11-8-14(2,3)22-10-11/h11-12H,5-10H2,1-4H3. The summed E-state index contributed by atoms with van der Waals surface area (Å²) in [5, 5.41) is 13.9. The number of guanidine groups is 1. The first-order valence-electron chi connectivity index (χ1n) is 7.77. The van der Waals surface area contributed by atoms with Crippen LogP contribution < -0.4 is 0 Å². The maximum Gasteiger partial charge on any atom is 0.276 e. The predicted molar refractivity (Wildman–Crippen MR) is 81.9 cm³/mol. The smallest absolute Gasteiger partial charge is 0.276 e. The largest absolute Gasteiger partial charge is 0.375 e. The number of rotatable bonds is 6. The average Bonchev–Trinajstić information content (AvgIpc) is 2.96. The van der Waals surface area contributed by atoms with Crippen LogP contribution in [0.4, 0.5) is 0 Å². The van der Waals surface area contributed by atoms with Gasteiger partial charge in [-0.25, -0.2) is 10.1 Å². The van der Waals surface area contributed by atoms with Crippen LogP contribution in [0.5, 0.6) is 0 Å². The molecule has 0 aromatic heterocycles. The third kappa shape index (κ3) is 3.86. The normalized spacial score (nSPS) is 27.6. The summed E-state index contributed by atoms with van der Waals surface area (Å²) >= 11 is 0. The number of hydrazone groups is 1. The van der Waals surface area contributed by atoms with Gasteiger partial charge in [-0.15, -0.1) is 0 Å². The monoisotopic (exact) mass is 314 g/mol. The SMILES string of the molecule is CCC(OC)N1CCN(CC2COC(C)(C)C2)C1=N[N+](=O)[O-]. The zero-order valence-corrected chi connectivity index (χ0v) is 13.8. The molecule has 0 amide bonds. The minimum atomic E-state index is -0.627. The predicted octanol–water partition coefficient (Wildman–Crippen LogP) is 1.35. The van der Waals surface area contributed by atoms with Gasteiger partial charge in [-0.1, -0.05) is 6.92 Å². The molecular formula is C14H26N4O4. The highest BCUT2D eigenvalue weighted by atomic mass is 16.7. The first kappa shape index (κ1) is 17.0. The molecule has 0 saturated carbocycles. The second-order valence-electron chi connectivity index (χ2n) is 6.52. The lowest BCUT2D eigenvalue weighted by atomic mass is 9.97. The van der Waals surface area contributed by atoms with Gasteiger partial charge in [-0.2, -0.15) is 0 Å². The van der Waals surface area contributed by atoms with Crippen LogP contribution in [0, 0.1) is 16.0 Å². The van der Waals surface area contributed by atoms with Gasteiger partial charge in [0, 0.05) is 32.7 Å². The lowest BCUT2D eigenvalue weighted by Gasteiger charge is -2.28. The van der Waals surface area contributed by atoms with E-state index in [2.05, 4.69) is 18.9 Å². The molecule has 2 aliphatic heterocycles. The summed E-state index contributed by atoms with van der Waals surface area (Å²) in [5.41, 5.74) is -0.108. The molecule has 0 aromatic carbocycles. The van der Waals surface area contributed by atoms with Gasteiger partial charge >= 0.3 is 0 Å². The van der Waals surface area contributed by atoms with E-state index in [0.717, 1.165) is 25.9 Å². The van der Waals surface area contributed by atoms with E-state index in [0.29, 0.717) is 25.0 Å². The van der Waals surface area contributed by atoms with Crippen LogP contribution in [-0.2, 0) is 9.47 Å². The number of hydrogen-bond donors (Lipinski definition) is 0. The fourth-order valence-corrected chi connectivity index (χ4v) is 3.35. The Bertz CT molecular complexity index is 437. The van der Waals surface area contributed by atoms with E-state index < -0.39 is 5.03 Å². The third-order valence-electron chi connectivity index (χ3n) is 4.26. The first-order chi connectivity index (χ1) is 10.4. The summed E-state index contributed by atoms with van der Waals surface area (Å²) in [6.07, 6.45) is 1.53. The maximum atomic E-state index is 10.9. The Hall–Kier alpha value is -1.41. The van der Waals surface area contributed by atoms with E-state index in [-0.39, 0.29) is 11.8 Å². The molecule has 0 aromatic rings. The summed E-state index contributed by atoms with van der Waals surface area (Å²) in [6.45, 7) is 8.98. The minimum absolute atomic E-state index is 0.108. The van der Waals surface area contributed by atoms with E-state index >= 15 is 0 Å². The van der Waals surface area contributed by atoms with Crippen molar-refractivity contribution >= 4 is 5.96 Å². The van der Waals surface area contributed by atoms with Crippen molar-refractivity contribution in [3.05, 3.63) is 10.1 Å². The molecule has 2 atom stereocenters. The lowest BCUT2D eigenvalue weighted by Crippen LogP contribution is -2.43. The van der Waals surface area contributed by atoms with Crippen LogP contribution in [-0.4, -0.2) is 66.0 Å². The van der Waals surface area contributed by atoms with Gasteiger partial charge in [0.15, 0.2) is 5.03 Å². The Morgan fingerprint density at radius 1 is 1.55 bits per heavy atom. The van der Waals surface area contributed by atoms with Gasteiger partial charge in [0.25, 0.3) is 5.96 Å². The summed E-state index contributed by atoms with van der Waals surface area (Å²) in [7, 11) is 1.62. The molecule has 0 aliphatic carbocycles. The molecule has 2 fully saturated rings. The Kier molecular flexibility index (Phi) is 5.23. The second-order valence-corrected chi connectivity index (χ2v) is 6.52. The topological polar surface area (TPSA) is 80.4 Å². The zero-order valence-electron chi connectivity index (χ0n) is 13.8. The highest BCUT2D eigenvalue weighted by Gasteiger charge is 2.38. The van der Waals surface area contributed by atoms with Crippen molar-refractivity contribution < 1.29 is 14.5 Å².